The smallest absolute Gasteiger partial charge is 0.255 e. The number of nitrogens with two attached hydrogens (primary N) is 1. The van der Waals surface area contributed by atoms with Gasteiger partial charge in [0.1, 0.15) is 11.3 Å². The van der Waals surface area contributed by atoms with Crippen LogP contribution in [0.15, 0.2) is 48.8 Å². The van der Waals surface area contributed by atoms with Gasteiger partial charge in [0.15, 0.2) is 0 Å². The number of amides is 1. The predicted octanol–water partition coefficient (Wildman–Crippen LogP) is 3.21. The molecule has 0 aliphatic carbocycles. The van der Waals surface area contributed by atoms with Gasteiger partial charge >= 0.3 is 0 Å². The van der Waals surface area contributed by atoms with Crippen molar-refractivity contribution in [2.24, 2.45) is 5.73 Å². The molecule has 1 fully saturated rings. The number of hydrogen-bond acceptors (Lipinski definition) is 6. The van der Waals surface area contributed by atoms with E-state index in [9.17, 15) is 9.18 Å². The van der Waals surface area contributed by atoms with Crippen molar-refractivity contribution in [3.63, 3.8) is 0 Å². The molecule has 1 aliphatic heterocycles. The monoisotopic (exact) mass is 397 g/mol. The van der Waals surface area contributed by atoms with E-state index in [-0.39, 0.29) is 17.2 Å². The number of hydrogen-bond donors (Lipinski definition) is 3. The highest BCUT2D eigenvalue weighted by molar-refractivity contribution is 7.99. The van der Waals surface area contributed by atoms with Gasteiger partial charge in [-0.15, -0.1) is 11.8 Å². The molecule has 0 spiro atoms. The lowest BCUT2D eigenvalue weighted by molar-refractivity contribution is 0.102. The first-order valence-electron chi connectivity index (χ1n) is 8.92. The summed E-state index contributed by atoms with van der Waals surface area (Å²) in [6.45, 7) is 1.93. The Morgan fingerprint density at radius 1 is 1.25 bits per heavy atom. The van der Waals surface area contributed by atoms with Gasteiger partial charge in [-0.1, -0.05) is 0 Å². The summed E-state index contributed by atoms with van der Waals surface area (Å²) in [5.41, 5.74) is 7.97. The minimum absolute atomic E-state index is 0.255. The Hall–Kier alpha value is -2.55. The van der Waals surface area contributed by atoms with Crippen LogP contribution in [0.25, 0.3) is 11.0 Å². The van der Waals surface area contributed by atoms with Crippen LogP contribution in [0, 0.1) is 5.82 Å². The first kappa shape index (κ1) is 18.8. The number of benzene rings is 2. The predicted molar refractivity (Wildman–Crippen MR) is 109 cm³/mol. The molecule has 144 valence electrons. The van der Waals surface area contributed by atoms with Crippen molar-refractivity contribution in [2.75, 3.05) is 11.1 Å². The Kier molecular flexibility index (Phi) is 5.01. The summed E-state index contributed by atoms with van der Waals surface area (Å²) in [5.74, 6) is 0.214. The van der Waals surface area contributed by atoms with Gasteiger partial charge in [0.05, 0.1) is 11.0 Å². The van der Waals surface area contributed by atoms with E-state index in [0.29, 0.717) is 27.8 Å². The minimum atomic E-state index is -0.589. The molecule has 4 rings (SSSR count). The number of nitrogens with one attached hydrogen (secondary N) is 2. The van der Waals surface area contributed by atoms with Crippen molar-refractivity contribution >= 4 is 34.4 Å². The van der Waals surface area contributed by atoms with Crippen LogP contribution in [-0.4, -0.2) is 27.1 Å². The van der Waals surface area contributed by atoms with Crippen molar-refractivity contribution < 1.29 is 9.18 Å². The highest BCUT2D eigenvalue weighted by Gasteiger charge is 2.34. The lowest BCUT2D eigenvalue weighted by atomic mass is 9.88. The molecule has 6 nitrogen and oxygen atoms in total. The zero-order valence-corrected chi connectivity index (χ0v) is 16.1. The molecule has 8 heteroatoms. The van der Waals surface area contributed by atoms with Crippen molar-refractivity contribution in [3.8, 4) is 0 Å². The van der Waals surface area contributed by atoms with Crippen molar-refractivity contribution in [3.05, 3.63) is 65.7 Å². The molecular weight excluding hydrogens is 377 g/mol. The van der Waals surface area contributed by atoms with Gasteiger partial charge in [0, 0.05) is 34.7 Å². The second kappa shape index (κ2) is 7.46. The maximum absolute atomic E-state index is 14.5. The molecule has 2 unspecified atom stereocenters. The number of halogens is 1. The van der Waals surface area contributed by atoms with E-state index >= 15 is 0 Å². The van der Waals surface area contributed by atoms with E-state index in [1.54, 1.807) is 54.5 Å². The molecule has 0 bridgehead atoms. The number of fused-ring (bicyclic) bond motifs is 1. The third-order valence-electron chi connectivity index (χ3n) is 4.91. The number of thioether (sulfide) groups is 1. The highest BCUT2D eigenvalue weighted by atomic mass is 32.2. The topological polar surface area (TPSA) is 92.9 Å². The van der Waals surface area contributed by atoms with Crippen LogP contribution in [-0.2, 0) is 5.54 Å². The van der Waals surface area contributed by atoms with Crippen LogP contribution in [0.3, 0.4) is 0 Å². The summed E-state index contributed by atoms with van der Waals surface area (Å²) in [6.07, 6.45) is 3.92. The number of nitrogens with zero attached hydrogens (tertiary/aromatic N) is 2. The van der Waals surface area contributed by atoms with Gasteiger partial charge in [0.2, 0.25) is 0 Å². The van der Waals surface area contributed by atoms with Gasteiger partial charge in [0.25, 0.3) is 5.91 Å². The fourth-order valence-electron chi connectivity index (χ4n) is 3.36. The number of carbonyl (C=O) groups excluding carboxylic acids is 1. The van der Waals surface area contributed by atoms with Crippen LogP contribution >= 0.6 is 11.8 Å². The maximum Gasteiger partial charge on any atom is 0.255 e. The zero-order valence-electron chi connectivity index (χ0n) is 15.3. The van der Waals surface area contributed by atoms with Gasteiger partial charge in [-0.3, -0.25) is 20.1 Å². The Labute approximate surface area is 166 Å². The lowest BCUT2D eigenvalue weighted by Gasteiger charge is -2.38. The van der Waals surface area contributed by atoms with Crippen molar-refractivity contribution in [1.82, 2.24) is 15.3 Å². The first-order chi connectivity index (χ1) is 13.4. The summed E-state index contributed by atoms with van der Waals surface area (Å²) in [6, 6.07) is 9.72. The Balaban J connectivity index is 1.60. The number of rotatable bonds is 3. The molecule has 1 amide bonds. The Morgan fingerprint density at radius 3 is 2.82 bits per heavy atom. The number of carbonyl (C=O) groups is 1. The van der Waals surface area contributed by atoms with E-state index in [1.807, 2.05) is 6.92 Å². The van der Waals surface area contributed by atoms with E-state index in [1.165, 1.54) is 6.07 Å². The first-order valence-corrected chi connectivity index (χ1v) is 9.96. The summed E-state index contributed by atoms with van der Waals surface area (Å²) in [5, 5.41) is 6.10. The average molecular weight is 397 g/mol. The molecule has 0 radical (unpaired) electrons. The molecule has 1 saturated heterocycles. The maximum atomic E-state index is 14.5. The fourth-order valence-corrected chi connectivity index (χ4v) is 4.49. The van der Waals surface area contributed by atoms with Gasteiger partial charge in [-0.25, -0.2) is 4.39 Å². The Morgan fingerprint density at radius 2 is 2.04 bits per heavy atom. The molecule has 1 aromatic heterocycles. The van der Waals surface area contributed by atoms with E-state index in [0.717, 1.165) is 12.2 Å². The fraction of sp³-hybridized carbons (Fsp3) is 0.250. The van der Waals surface area contributed by atoms with Crippen LogP contribution in [0.4, 0.5) is 10.1 Å². The quantitative estimate of drug-likeness (QED) is 0.628. The Bertz CT molecular complexity index is 1050. The van der Waals surface area contributed by atoms with Gasteiger partial charge < -0.3 is 11.1 Å². The third-order valence-corrected chi connectivity index (χ3v) is 5.83. The molecule has 3 aromatic rings. The molecule has 28 heavy (non-hydrogen) atoms. The number of anilines is 1. The molecule has 2 atom stereocenters. The second-order valence-electron chi connectivity index (χ2n) is 6.93. The summed E-state index contributed by atoms with van der Waals surface area (Å²) < 4.78 is 14.5. The lowest BCUT2D eigenvalue weighted by Crippen LogP contribution is -2.52. The number of aromatic nitrogens is 2. The van der Waals surface area contributed by atoms with Crippen LogP contribution in [0.2, 0.25) is 0 Å². The molecular formula is C20H20FN5OS. The van der Waals surface area contributed by atoms with Gasteiger partial charge in [-0.05, 0) is 55.5 Å². The van der Waals surface area contributed by atoms with Crippen LogP contribution in [0.5, 0.6) is 0 Å². The van der Waals surface area contributed by atoms with Crippen LogP contribution in [0.1, 0.15) is 29.3 Å². The molecule has 0 saturated carbocycles. The minimum Gasteiger partial charge on any atom is -0.322 e. The molecule has 1 aliphatic rings. The van der Waals surface area contributed by atoms with Gasteiger partial charge in [-0.2, -0.15) is 0 Å². The summed E-state index contributed by atoms with van der Waals surface area (Å²) in [4.78, 5) is 21.1. The summed E-state index contributed by atoms with van der Waals surface area (Å²) in [7, 11) is 0. The second-order valence-corrected chi connectivity index (χ2v) is 8.18. The molecule has 2 heterocycles. The normalized spacial score (nSPS) is 22.2. The summed E-state index contributed by atoms with van der Waals surface area (Å²) >= 11 is 1.60. The standard InChI is InChI=1S/C20H20FN5OS/c1-20(6-9-28-19(22)26-20)14-11-13(3-4-15(14)21)25-18(27)12-2-5-16-17(10-12)24-8-7-23-16/h2-5,7-8,10-11,19,26H,6,9,22H2,1H3,(H,25,27). The van der Waals surface area contributed by atoms with E-state index in [2.05, 4.69) is 20.6 Å². The van der Waals surface area contributed by atoms with Crippen molar-refractivity contribution in [1.29, 1.82) is 0 Å². The van der Waals surface area contributed by atoms with E-state index < -0.39 is 5.54 Å². The SMILES string of the molecule is CC1(c2cc(NC(=O)c3ccc4nccnc4c3)ccc2F)CCSC(N)N1. The third kappa shape index (κ3) is 3.71. The molecule has 2 aromatic carbocycles. The largest absolute Gasteiger partial charge is 0.322 e. The van der Waals surface area contributed by atoms with E-state index in [4.69, 9.17) is 5.73 Å². The molecule has 4 N–H and O–H groups in total. The van der Waals surface area contributed by atoms with Crippen molar-refractivity contribution in [2.45, 2.75) is 24.4 Å². The van der Waals surface area contributed by atoms with Crippen LogP contribution < -0.4 is 16.4 Å². The zero-order chi connectivity index (χ0) is 19.7. The average Bonchev–Trinajstić information content (AvgIpc) is 2.68. The highest BCUT2D eigenvalue weighted by Crippen LogP contribution is 2.35.